The van der Waals surface area contributed by atoms with Crippen molar-refractivity contribution in [3.05, 3.63) is 47.7 Å². The minimum atomic E-state index is -0.864. The summed E-state index contributed by atoms with van der Waals surface area (Å²) >= 11 is 0. The highest BCUT2D eigenvalue weighted by Gasteiger charge is 2.15. The molecule has 0 heterocycles. The highest BCUT2D eigenvalue weighted by atomic mass is 16.7. The van der Waals surface area contributed by atoms with Gasteiger partial charge in [0.05, 0.1) is 20.3 Å². The van der Waals surface area contributed by atoms with Crippen LogP contribution < -0.4 is 5.73 Å². The molecule has 0 saturated carbocycles. The standard InChI is InChI=1S/C14H16N2O5/c1-19-13(17)9-11(14(18)20-2)21-16-12(15)8-10-6-4-3-5-7-10/h3-7,9H,8H2,1-2H3,(H2,15,16)/b11-9+. The van der Waals surface area contributed by atoms with Crippen molar-refractivity contribution in [2.45, 2.75) is 6.42 Å². The van der Waals surface area contributed by atoms with E-state index in [4.69, 9.17) is 10.6 Å². The fraction of sp³-hybridized carbons (Fsp3) is 0.214. The van der Waals surface area contributed by atoms with Crippen LogP contribution in [-0.2, 0) is 30.3 Å². The topological polar surface area (TPSA) is 100 Å². The zero-order valence-corrected chi connectivity index (χ0v) is 11.7. The molecule has 1 aromatic carbocycles. The van der Waals surface area contributed by atoms with Gasteiger partial charge in [0, 0.05) is 6.42 Å². The Kier molecular flexibility index (Phi) is 6.46. The molecule has 0 aromatic heterocycles. The van der Waals surface area contributed by atoms with Crippen molar-refractivity contribution in [1.82, 2.24) is 0 Å². The van der Waals surface area contributed by atoms with Crippen LogP contribution in [0.3, 0.4) is 0 Å². The number of benzene rings is 1. The summed E-state index contributed by atoms with van der Waals surface area (Å²) < 4.78 is 8.85. The summed E-state index contributed by atoms with van der Waals surface area (Å²) in [5.74, 6) is -1.91. The summed E-state index contributed by atoms with van der Waals surface area (Å²) in [6.45, 7) is 0. The molecule has 0 atom stereocenters. The molecule has 0 fully saturated rings. The molecule has 7 heteroatoms. The molecule has 0 radical (unpaired) electrons. The quantitative estimate of drug-likeness (QED) is 0.207. The first-order valence-corrected chi connectivity index (χ1v) is 5.98. The van der Waals surface area contributed by atoms with Gasteiger partial charge >= 0.3 is 11.9 Å². The van der Waals surface area contributed by atoms with E-state index in [-0.39, 0.29) is 5.84 Å². The number of oxime groups is 1. The average Bonchev–Trinajstić information content (AvgIpc) is 2.51. The van der Waals surface area contributed by atoms with Gasteiger partial charge in [0.2, 0.25) is 5.76 Å². The minimum Gasteiger partial charge on any atom is -0.466 e. The zero-order chi connectivity index (χ0) is 15.7. The second kappa shape index (κ2) is 8.36. The molecule has 1 aromatic rings. The molecule has 1 rings (SSSR count). The van der Waals surface area contributed by atoms with Crippen molar-refractivity contribution in [3.63, 3.8) is 0 Å². The first-order valence-electron chi connectivity index (χ1n) is 5.98. The van der Waals surface area contributed by atoms with Gasteiger partial charge in [-0.15, -0.1) is 0 Å². The number of ether oxygens (including phenoxy) is 2. The molecule has 0 aliphatic rings. The minimum absolute atomic E-state index is 0.140. The zero-order valence-electron chi connectivity index (χ0n) is 11.7. The maximum atomic E-state index is 11.4. The second-order valence-electron chi connectivity index (χ2n) is 3.86. The molecule has 0 unspecified atom stereocenters. The van der Waals surface area contributed by atoms with E-state index in [1.54, 1.807) is 0 Å². The van der Waals surface area contributed by atoms with Gasteiger partial charge in [-0.2, -0.15) is 0 Å². The van der Waals surface area contributed by atoms with Crippen LogP contribution >= 0.6 is 0 Å². The van der Waals surface area contributed by atoms with Gasteiger partial charge in [-0.1, -0.05) is 35.5 Å². The lowest BCUT2D eigenvalue weighted by Gasteiger charge is -2.04. The maximum Gasteiger partial charge on any atom is 0.377 e. The van der Waals surface area contributed by atoms with E-state index >= 15 is 0 Å². The normalized spacial score (nSPS) is 11.7. The number of nitrogens with two attached hydrogens (primary N) is 1. The van der Waals surface area contributed by atoms with Crippen LogP contribution in [0, 0.1) is 0 Å². The molecule has 0 bridgehead atoms. The number of hydrogen-bond acceptors (Lipinski definition) is 6. The van der Waals surface area contributed by atoms with Gasteiger partial charge < -0.3 is 20.0 Å². The summed E-state index contributed by atoms with van der Waals surface area (Å²) in [6.07, 6.45) is 1.17. The lowest BCUT2D eigenvalue weighted by atomic mass is 10.1. The summed E-state index contributed by atoms with van der Waals surface area (Å²) in [5, 5.41) is 3.59. The fourth-order valence-corrected chi connectivity index (χ4v) is 1.33. The van der Waals surface area contributed by atoms with E-state index in [1.807, 2.05) is 30.3 Å². The van der Waals surface area contributed by atoms with Crippen molar-refractivity contribution in [2.75, 3.05) is 14.2 Å². The van der Waals surface area contributed by atoms with Crippen LogP contribution in [0.2, 0.25) is 0 Å². The van der Waals surface area contributed by atoms with Gasteiger partial charge in [-0.25, -0.2) is 9.59 Å². The first kappa shape index (κ1) is 16.2. The Morgan fingerprint density at radius 2 is 1.86 bits per heavy atom. The van der Waals surface area contributed by atoms with Gasteiger partial charge in [0.15, 0.2) is 0 Å². The van der Waals surface area contributed by atoms with E-state index in [0.717, 1.165) is 18.7 Å². The van der Waals surface area contributed by atoms with Crippen LogP contribution in [0.1, 0.15) is 5.56 Å². The average molecular weight is 292 g/mol. The highest BCUT2D eigenvalue weighted by Crippen LogP contribution is 2.04. The largest absolute Gasteiger partial charge is 0.466 e. The molecule has 0 saturated heterocycles. The molecule has 112 valence electrons. The van der Waals surface area contributed by atoms with Crippen molar-refractivity contribution >= 4 is 17.8 Å². The molecule has 0 spiro atoms. The maximum absolute atomic E-state index is 11.4. The number of carbonyl (C=O) groups excluding carboxylic acids is 2. The third-order valence-electron chi connectivity index (χ3n) is 2.33. The Morgan fingerprint density at radius 1 is 1.19 bits per heavy atom. The number of hydrogen-bond donors (Lipinski definition) is 1. The molecule has 0 aliphatic heterocycles. The highest BCUT2D eigenvalue weighted by molar-refractivity contribution is 5.94. The molecule has 2 N–H and O–H groups in total. The van der Waals surface area contributed by atoms with Crippen LogP contribution in [-0.4, -0.2) is 32.0 Å². The predicted molar refractivity (Wildman–Crippen MR) is 75.0 cm³/mol. The van der Waals surface area contributed by atoms with Crippen molar-refractivity contribution in [2.24, 2.45) is 10.9 Å². The Bertz CT molecular complexity index is 552. The van der Waals surface area contributed by atoms with Gasteiger partial charge in [0.1, 0.15) is 5.84 Å². The van der Waals surface area contributed by atoms with E-state index in [2.05, 4.69) is 14.6 Å². The second-order valence-corrected chi connectivity index (χ2v) is 3.86. The number of carbonyl (C=O) groups is 2. The lowest BCUT2D eigenvalue weighted by molar-refractivity contribution is -0.142. The SMILES string of the molecule is COC(=O)/C=C(/O/N=C(\N)Cc1ccccc1)C(=O)OC. The monoisotopic (exact) mass is 292 g/mol. The summed E-state index contributed by atoms with van der Waals surface area (Å²) in [6, 6.07) is 9.34. The van der Waals surface area contributed by atoms with Crippen LogP contribution in [0.4, 0.5) is 0 Å². The Morgan fingerprint density at radius 3 is 2.43 bits per heavy atom. The summed E-state index contributed by atoms with van der Waals surface area (Å²) in [7, 11) is 2.31. The predicted octanol–water partition coefficient (Wildman–Crippen LogP) is 0.748. The van der Waals surface area contributed by atoms with Crippen molar-refractivity contribution < 1.29 is 23.9 Å². The van der Waals surface area contributed by atoms with Crippen LogP contribution in [0.25, 0.3) is 0 Å². The number of nitrogens with zero attached hydrogens (tertiary/aromatic N) is 1. The lowest BCUT2D eigenvalue weighted by Crippen LogP contribution is -2.17. The summed E-state index contributed by atoms with van der Waals surface area (Å²) in [5.41, 5.74) is 6.62. The number of methoxy groups -OCH3 is 2. The molecular formula is C14H16N2O5. The number of rotatable bonds is 6. The van der Waals surface area contributed by atoms with Crippen LogP contribution in [0.5, 0.6) is 0 Å². The third kappa shape index (κ3) is 5.77. The first-order chi connectivity index (χ1) is 10.1. The van der Waals surface area contributed by atoms with E-state index < -0.39 is 17.7 Å². The molecule has 21 heavy (non-hydrogen) atoms. The molecular weight excluding hydrogens is 276 g/mol. The van der Waals surface area contributed by atoms with E-state index in [1.165, 1.54) is 7.11 Å². The third-order valence-corrected chi connectivity index (χ3v) is 2.33. The number of esters is 2. The van der Waals surface area contributed by atoms with E-state index in [0.29, 0.717) is 6.42 Å². The summed E-state index contributed by atoms with van der Waals surface area (Å²) in [4.78, 5) is 27.4. The Labute approximate surface area is 122 Å². The molecule has 0 aliphatic carbocycles. The number of amidine groups is 1. The smallest absolute Gasteiger partial charge is 0.377 e. The van der Waals surface area contributed by atoms with Gasteiger partial charge in [-0.3, -0.25) is 0 Å². The van der Waals surface area contributed by atoms with Crippen molar-refractivity contribution in [1.29, 1.82) is 0 Å². The molecule has 0 amide bonds. The fourth-order valence-electron chi connectivity index (χ4n) is 1.33. The van der Waals surface area contributed by atoms with Gasteiger partial charge in [-0.05, 0) is 5.56 Å². The molecule has 7 nitrogen and oxygen atoms in total. The van der Waals surface area contributed by atoms with Gasteiger partial charge in [0.25, 0.3) is 0 Å². The Hall–Kier alpha value is -2.83. The van der Waals surface area contributed by atoms with E-state index in [9.17, 15) is 9.59 Å². The van der Waals surface area contributed by atoms with Crippen LogP contribution in [0.15, 0.2) is 47.3 Å². The van der Waals surface area contributed by atoms with Crippen molar-refractivity contribution in [3.8, 4) is 0 Å². The Balaban J connectivity index is 2.75.